The summed E-state index contributed by atoms with van der Waals surface area (Å²) in [5.74, 6) is -1.28. The van der Waals surface area contributed by atoms with E-state index in [1.165, 1.54) is 12.0 Å². The number of hydrogen-bond donors (Lipinski definition) is 3. The molecule has 0 bridgehead atoms. The van der Waals surface area contributed by atoms with Crippen molar-refractivity contribution in [3.63, 3.8) is 0 Å². The minimum absolute atomic E-state index is 0.0208. The lowest BCUT2D eigenvalue weighted by molar-refractivity contribution is -0.119. The largest absolute Gasteiger partial charge is 0.497 e. The van der Waals surface area contributed by atoms with Gasteiger partial charge in [-0.25, -0.2) is 0 Å². The first-order valence-corrected chi connectivity index (χ1v) is 9.99. The van der Waals surface area contributed by atoms with Crippen LogP contribution in [0.3, 0.4) is 0 Å². The molecule has 10 heteroatoms. The van der Waals surface area contributed by atoms with Gasteiger partial charge in [-0.1, -0.05) is 36.4 Å². The average molecular weight is 439 g/mol. The van der Waals surface area contributed by atoms with E-state index < -0.39 is 11.8 Å². The molecule has 5 N–H and O–H groups in total. The fourth-order valence-corrected chi connectivity index (χ4v) is 3.56. The van der Waals surface area contributed by atoms with Gasteiger partial charge in [0.2, 0.25) is 5.91 Å². The van der Waals surface area contributed by atoms with Gasteiger partial charge >= 0.3 is 0 Å². The van der Waals surface area contributed by atoms with E-state index in [4.69, 9.17) is 16.2 Å². The highest BCUT2D eigenvalue weighted by atomic mass is 32.1. The molecule has 160 valence electrons. The smallest absolute Gasteiger partial charge is 0.272 e. The van der Waals surface area contributed by atoms with Gasteiger partial charge in [-0.15, -0.1) is 0 Å². The Hall–Kier alpha value is -3.92. The van der Waals surface area contributed by atoms with Crippen LogP contribution in [0, 0.1) is 0 Å². The number of carbonyl (C=O) groups is 3. The van der Waals surface area contributed by atoms with E-state index in [0.717, 1.165) is 17.1 Å². The van der Waals surface area contributed by atoms with Crippen LogP contribution in [-0.4, -0.2) is 35.7 Å². The molecule has 0 unspecified atom stereocenters. The quantitative estimate of drug-likeness (QED) is 0.489. The van der Waals surface area contributed by atoms with E-state index >= 15 is 0 Å². The number of carbonyl (C=O) groups excluding carboxylic acids is 3. The highest BCUT2D eigenvalue weighted by molar-refractivity contribution is 7.09. The van der Waals surface area contributed by atoms with E-state index in [1.54, 1.807) is 24.3 Å². The van der Waals surface area contributed by atoms with Crippen LogP contribution in [0.5, 0.6) is 5.75 Å². The summed E-state index contributed by atoms with van der Waals surface area (Å²) < 4.78 is 9.10. The number of ether oxygens (including phenoxy) is 1. The first-order valence-electron chi connectivity index (χ1n) is 9.22. The van der Waals surface area contributed by atoms with Crippen LogP contribution in [0.4, 0.5) is 11.4 Å². The summed E-state index contributed by atoms with van der Waals surface area (Å²) in [4.78, 5) is 38.6. The van der Waals surface area contributed by atoms with Crippen molar-refractivity contribution in [2.24, 2.45) is 5.73 Å². The molecule has 9 nitrogen and oxygen atoms in total. The highest BCUT2D eigenvalue weighted by Gasteiger charge is 2.27. The summed E-state index contributed by atoms with van der Waals surface area (Å²) in [5.41, 5.74) is 12.2. The van der Waals surface area contributed by atoms with Crippen LogP contribution in [0.2, 0.25) is 0 Å². The molecular weight excluding hydrogens is 418 g/mol. The van der Waals surface area contributed by atoms with Crippen molar-refractivity contribution >= 4 is 40.6 Å². The van der Waals surface area contributed by atoms with Crippen LogP contribution in [-0.2, 0) is 11.3 Å². The lowest BCUT2D eigenvalue weighted by Gasteiger charge is -2.22. The Kier molecular flexibility index (Phi) is 6.83. The van der Waals surface area contributed by atoms with Crippen molar-refractivity contribution in [1.29, 1.82) is 0 Å². The van der Waals surface area contributed by atoms with Crippen molar-refractivity contribution in [2.45, 2.75) is 6.54 Å². The number of nitrogens with one attached hydrogen (secondary N) is 1. The van der Waals surface area contributed by atoms with Gasteiger partial charge < -0.3 is 21.5 Å². The second kappa shape index (κ2) is 9.72. The number of methoxy groups -OCH3 is 1. The summed E-state index contributed by atoms with van der Waals surface area (Å²) in [5, 5.41) is 2.79. The molecule has 3 amide bonds. The van der Waals surface area contributed by atoms with Crippen molar-refractivity contribution in [3.05, 3.63) is 70.7 Å². The summed E-state index contributed by atoms with van der Waals surface area (Å²) in [6, 6.07) is 16.1. The van der Waals surface area contributed by atoms with E-state index in [2.05, 4.69) is 9.69 Å². The number of amides is 3. The van der Waals surface area contributed by atoms with E-state index in [9.17, 15) is 14.4 Å². The molecule has 0 aliphatic rings. The van der Waals surface area contributed by atoms with E-state index in [1.807, 2.05) is 30.3 Å². The Morgan fingerprint density at radius 1 is 1.13 bits per heavy atom. The van der Waals surface area contributed by atoms with Crippen molar-refractivity contribution in [2.75, 3.05) is 24.3 Å². The molecule has 0 radical (unpaired) electrons. The summed E-state index contributed by atoms with van der Waals surface area (Å²) in [7, 11) is 1.50. The molecule has 3 rings (SSSR count). The number of aromatic nitrogens is 1. The highest BCUT2D eigenvalue weighted by Crippen LogP contribution is 2.27. The third-order valence-corrected chi connectivity index (χ3v) is 5.25. The summed E-state index contributed by atoms with van der Waals surface area (Å²) in [6.45, 7) is 0.0381. The van der Waals surface area contributed by atoms with E-state index in [-0.39, 0.29) is 28.7 Å². The summed E-state index contributed by atoms with van der Waals surface area (Å²) in [6.07, 6.45) is 0. The zero-order valence-electron chi connectivity index (χ0n) is 16.7. The Balaban J connectivity index is 1.86. The van der Waals surface area contributed by atoms with Gasteiger partial charge in [0.25, 0.3) is 11.8 Å². The summed E-state index contributed by atoms with van der Waals surface area (Å²) >= 11 is 0.753. The molecule has 3 aromatic rings. The second-order valence-electron chi connectivity index (χ2n) is 6.49. The Morgan fingerprint density at radius 3 is 2.52 bits per heavy atom. The molecule has 0 saturated heterocycles. The fraction of sp³-hybridized carbons (Fsp3) is 0.143. The Labute approximate surface area is 182 Å². The molecule has 0 fully saturated rings. The molecule has 0 atom stereocenters. The maximum Gasteiger partial charge on any atom is 0.272 e. The van der Waals surface area contributed by atoms with Gasteiger partial charge in [-0.2, -0.15) is 4.37 Å². The van der Waals surface area contributed by atoms with Crippen LogP contribution >= 0.6 is 11.5 Å². The van der Waals surface area contributed by atoms with Gasteiger partial charge in [0.05, 0.1) is 12.8 Å². The SMILES string of the molecule is COc1cccc(N(CC(=O)NCc2ccccc2)C(=O)c2snc(C(N)=O)c2N)c1. The van der Waals surface area contributed by atoms with Gasteiger partial charge in [0, 0.05) is 18.3 Å². The first kappa shape index (κ1) is 21.8. The number of nitrogens with zero attached hydrogens (tertiary/aromatic N) is 2. The van der Waals surface area contributed by atoms with Crippen LogP contribution < -0.4 is 26.4 Å². The lowest BCUT2D eigenvalue weighted by atomic mass is 10.2. The zero-order chi connectivity index (χ0) is 22.4. The lowest BCUT2D eigenvalue weighted by Crippen LogP contribution is -2.40. The third-order valence-electron chi connectivity index (χ3n) is 4.40. The molecule has 0 aliphatic carbocycles. The second-order valence-corrected chi connectivity index (χ2v) is 7.27. The molecule has 31 heavy (non-hydrogen) atoms. The number of anilines is 2. The van der Waals surface area contributed by atoms with Crippen LogP contribution in [0.1, 0.15) is 25.7 Å². The predicted molar refractivity (Wildman–Crippen MR) is 118 cm³/mol. The van der Waals surface area contributed by atoms with Crippen molar-refractivity contribution in [3.8, 4) is 5.75 Å². The molecular formula is C21H21N5O4S. The molecule has 0 aliphatic heterocycles. The normalized spacial score (nSPS) is 10.4. The van der Waals surface area contributed by atoms with Gasteiger partial charge in [-0.3, -0.25) is 19.3 Å². The van der Waals surface area contributed by atoms with Gasteiger partial charge in [0.1, 0.15) is 17.2 Å². The molecule has 2 aromatic carbocycles. The molecule has 1 aromatic heterocycles. The number of hydrogen-bond acceptors (Lipinski definition) is 7. The molecule has 0 saturated carbocycles. The number of nitrogen functional groups attached to an aromatic ring is 1. The molecule has 1 heterocycles. The number of primary amides is 1. The number of rotatable bonds is 8. The topological polar surface area (TPSA) is 141 Å². The van der Waals surface area contributed by atoms with Gasteiger partial charge in [0.15, 0.2) is 5.69 Å². The number of benzene rings is 2. The third kappa shape index (κ3) is 5.17. The van der Waals surface area contributed by atoms with Crippen LogP contribution in [0.15, 0.2) is 54.6 Å². The minimum atomic E-state index is -0.832. The zero-order valence-corrected chi connectivity index (χ0v) is 17.5. The maximum absolute atomic E-state index is 13.3. The monoisotopic (exact) mass is 439 g/mol. The van der Waals surface area contributed by atoms with Gasteiger partial charge in [-0.05, 0) is 29.2 Å². The van der Waals surface area contributed by atoms with Crippen molar-refractivity contribution < 1.29 is 19.1 Å². The van der Waals surface area contributed by atoms with Crippen LogP contribution in [0.25, 0.3) is 0 Å². The van der Waals surface area contributed by atoms with E-state index in [0.29, 0.717) is 18.0 Å². The fourth-order valence-electron chi connectivity index (χ4n) is 2.81. The predicted octanol–water partition coefficient (Wildman–Crippen LogP) is 1.80. The minimum Gasteiger partial charge on any atom is -0.497 e. The Bertz CT molecular complexity index is 1100. The van der Waals surface area contributed by atoms with Crippen molar-refractivity contribution in [1.82, 2.24) is 9.69 Å². The standard InChI is InChI=1S/C21H21N5O4S/c1-30-15-9-5-8-14(10-15)26(12-16(27)24-11-13-6-3-2-4-7-13)21(29)19-17(22)18(20(23)28)25-31-19/h2-10H,11-12,22H2,1H3,(H2,23,28)(H,24,27). The Morgan fingerprint density at radius 2 is 1.87 bits per heavy atom. The molecule has 0 spiro atoms. The maximum atomic E-state index is 13.3. The average Bonchev–Trinajstić information content (AvgIpc) is 3.18. The first-order chi connectivity index (χ1) is 14.9. The number of nitrogens with two attached hydrogens (primary N) is 2.